The van der Waals surface area contributed by atoms with Crippen LogP contribution in [0.3, 0.4) is 0 Å². The van der Waals surface area contributed by atoms with Crippen LogP contribution in [0.2, 0.25) is 0 Å². The largest absolute Gasteiger partial charge is 0.320 e. The maximum atomic E-state index is 3.10. The molecular weight excluding hydrogens is 186 g/mol. The van der Waals surface area contributed by atoms with E-state index in [1.54, 1.807) is 0 Å². The Morgan fingerprint density at radius 1 is 0.867 bits per heavy atom. The van der Waals surface area contributed by atoms with Gasteiger partial charge >= 0.3 is 0 Å². The Hall–Kier alpha value is -0.120. The molecule has 0 aromatic heterocycles. The van der Waals surface area contributed by atoms with Gasteiger partial charge in [0.2, 0.25) is 0 Å². The average molecular weight is 217 g/mol. The molecule has 15 heavy (non-hydrogen) atoms. The van der Waals surface area contributed by atoms with E-state index >= 15 is 0 Å². The van der Waals surface area contributed by atoms with Gasteiger partial charge in [0.05, 0.1) is 0 Å². The third-order valence-electron chi connectivity index (χ3n) is 1.99. The van der Waals surface area contributed by atoms with Gasteiger partial charge < -0.3 is 15.1 Å². The van der Waals surface area contributed by atoms with Crippen molar-refractivity contribution in [3.63, 3.8) is 0 Å². The second-order valence-electron chi connectivity index (χ2n) is 4.42. The lowest BCUT2D eigenvalue weighted by Gasteiger charge is -2.07. The summed E-state index contributed by atoms with van der Waals surface area (Å²) >= 11 is 0. The summed E-state index contributed by atoms with van der Waals surface area (Å²) in [5.41, 5.74) is 0. The molecule has 0 heterocycles. The van der Waals surface area contributed by atoms with Crippen LogP contribution >= 0.6 is 0 Å². The molecule has 0 aromatic carbocycles. The predicted molar refractivity (Wildman–Crippen MR) is 70.6 cm³/mol. The molecule has 0 amide bonds. The van der Waals surface area contributed by atoms with Gasteiger partial charge in [-0.3, -0.25) is 0 Å². The van der Waals surface area contributed by atoms with Gasteiger partial charge in [0.15, 0.2) is 0 Å². The summed E-state index contributed by atoms with van der Waals surface area (Å²) in [6.45, 7) is 5.75. The topological polar surface area (TPSA) is 18.5 Å². The fourth-order valence-corrected chi connectivity index (χ4v) is 1.05. The van der Waals surface area contributed by atoms with E-state index in [-0.39, 0.29) is 0 Å². The molecule has 0 radical (unpaired) electrons. The van der Waals surface area contributed by atoms with Gasteiger partial charge in [-0.25, -0.2) is 0 Å². The van der Waals surface area contributed by atoms with Crippen molar-refractivity contribution >= 4 is 0 Å². The Balaban J connectivity index is 0. The van der Waals surface area contributed by atoms with Crippen LogP contribution in [-0.4, -0.2) is 64.7 Å². The van der Waals surface area contributed by atoms with Crippen molar-refractivity contribution in [3.05, 3.63) is 0 Å². The average Bonchev–Trinajstić information content (AvgIpc) is 2.15. The van der Waals surface area contributed by atoms with Crippen LogP contribution in [0.15, 0.2) is 0 Å². The van der Waals surface area contributed by atoms with E-state index in [1.165, 1.54) is 32.4 Å². The molecule has 0 aromatic rings. The van der Waals surface area contributed by atoms with Crippen molar-refractivity contribution in [3.8, 4) is 0 Å². The highest BCUT2D eigenvalue weighted by molar-refractivity contribution is 4.44. The minimum atomic E-state index is 1.12. The van der Waals surface area contributed by atoms with Crippen molar-refractivity contribution in [2.24, 2.45) is 0 Å². The molecule has 0 unspecified atom stereocenters. The number of hydrogen-bond donors (Lipinski definition) is 1. The van der Waals surface area contributed by atoms with Gasteiger partial charge in [0.25, 0.3) is 0 Å². The lowest BCUT2D eigenvalue weighted by molar-refractivity contribution is 0.397. The van der Waals surface area contributed by atoms with Crippen LogP contribution in [0.5, 0.6) is 0 Å². The Morgan fingerprint density at radius 3 is 1.60 bits per heavy atom. The van der Waals surface area contributed by atoms with Crippen LogP contribution in [0.25, 0.3) is 0 Å². The first-order valence-corrected chi connectivity index (χ1v) is 5.98. The summed E-state index contributed by atoms with van der Waals surface area (Å²) in [7, 11) is 10.4. The summed E-state index contributed by atoms with van der Waals surface area (Å²) < 4.78 is 0. The SMILES string of the molecule is CCCCN(C)C.CNCCCN(C)C. The minimum absolute atomic E-state index is 1.12. The lowest BCUT2D eigenvalue weighted by atomic mass is 10.3. The summed E-state index contributed by atoms with van der Waals surface area (Å²) in [6.07, 6.45) is 3.87. The van der Waals surface area contributed by atoms with Crippen molar-refractivity contribution in [2.45, 2.75) is 26.2 Å². The summed E-state index contributed by atoms with van der Waals surface area (Å²) in [6, 6.07) is 0. The zero-order valence-electron chi connectivity index (χ0n) is 11.6. The van der Waals surface area contributed by atoms with Crippen LogP contribution in [-0.2, 0) is 0 Å². The molecule has 0 saturated heterocycles. The molecule has 0 rings (SSSR count). The number of hydrogen-bond acceptors (Lipinski definition) is 3. The molecule has 0 saturated carbocycles. The molecule has 0 spiro atoms. The van der Waals surface area contributed by atoms with Gasteiger partial charge in [-0.05, 0) is 67.7 Å². The Kier molecular flexibility index (Phi) is 16.0. The maximum Gasteiger partial charge on any atom is -0.00127 e. The standard InChI is InChI=1S/C6H16N2.C6H15N/c1-7-5-4-6-8(2)3;1-4-5-6-7(2)3/h7H,4-6H2,1-3H3;4-6H2,1-3H3. The molecule has 0 aliphatic rings. The van der Waals surface area contributed by atoms with Crippen LogP contribution < -0.4 is 5.32 Å². The summed E-state index contributed by atoms with van der Waals surface area (Å²) in [5.74, 6) is 0. The van der Waals surface area contributed by atoms with Gasteiger partial charge in [0, 0.05) is 0 Å². The van der Waals surface area contributed by atoms with E-state index in [2.05, 4.69) is 50.2 Å². The quantitative estimate of drug-likeness (QED) is 0.652. The molecule has 1 N–H and O–H groups in total. The summed E-state index contributed by atoms with van der Waals surface area (Å²) in [5, 5.41) is 3.10. The molecular formula is C12H31N3. The first-order chi connectivity index (χ1) is 7.04. The van der Waals surface area contributed by atoms with Gasteiger partial charge in [-0.2, -0.15) is 0 Å². The molecule has 3 heteroatoms. The maximum absolute atomic E-state index is 3.10. The Morgan fingerprint density at radius 2 is 1.33 bits per heavy atom. The molecule has 0 bridgehead atoms. The van der Waals surface area contributed by atoms with Crippen molar-refractivity contribution in [2.75, 3.05) is 54.9 Å². The van der Waals surface area contributed by atoms with Crippen LogP contribution in [0.1, 0.15) is 26.2 Å². The second-order valence-corrected chi connectivity index (χ2v) is 4.42. The van der Waals surface area contributed by atoms with Gasteiger partial charge in [-0.15, -0.1) is 0 Å². The van der Waals surface area contributed by atoms with E-state index in [1.807, 2.05) is 7.05 Å². The number of nitrogens with zero attached hydrogens (tertiary/aromatic N) is 2. The number of nitrogens with one attached hydrogen (secondary N) is 1. The highest BCUT2D eigenvalue weighted by Crippen LogP contribution is 1.86. The van der Waals surface area contributed by atoms with E-state index in [4.69, 9.17) is 0 Å². The Bertz CT molecular complexity index is 103. The lowest BCUT2D eigenvalue weighted by Crippen LogP contribution is -2.18. The Labute approximate surface area is 96.8 Å². The molecule has 94 valence electrons. The van der Waals surface area contributed by atoms with Crippen molar-refractivity contribution < 1.29 is 0 Å². The van der Waals surface area contributed by atoms with E-state index in [0.29, 0.717) is 0 Å². The fraction of sp³-hybridized carbons (Fsp3) is 1.00. The molecule has 0 fully saturated rings. The van der Waals surface area contributed by atoms with Crippen molar-refractivity contribution in [1.29, 1.82) is 0 Å². The van der Waals surface area contributed by atoms with E-state index < -0.39 is 0 Å². The molecule has 3 nitrogen and oxygen atoms in total. The van der Waals surface area contributed by atoms with Gasteiger partial charge in [0.1, 0.15) is 0 Å². The van der Waals surface area contributed by atoms with Gasteiger partial charge in [-0.1, -0.05) is 13.3 Å². The number of rotatable bonds is 7. The second kappa shape index (κ2) is 13.9. The third kappa shape index (κ3) is 24.8. The first-order valence-electron chi connectivity index (χ1n) is 5.98. The normalized spacial score (nSPS) is 10.4. The fourth-order valence-electron chi connectivity index (χ4n) is 1.05. The third-order valence-corrected chi connectivity index (χ3v) is 1.99. The monoisotopic (exact) mass is 217 g/mol. The van der Waals surface area contributed by atoms with E-state index in [0.717, 1.165) is 6.54 Å². The van der Waals surface area contributed by atoms with Crippen LogP contribution in [0.4, 0.5) is 0 Å². The first kappa shape index (κ1) is 17.3. The van der Waals surface area contributed by atoms with E-state index in [9.17, 15) is 0 Å². The molecule has 0 aliphatic carbocycles. The molecule has 0 atom stereocenters. The molecule has 0 aliphatic heterocycles. The highest BCUT2D eigenvalue weighted by Gasteiger charge is 1.86. The zero-order valence-corrected chi connectivity index (χ0v) is 11.6. The summed E-state index contributed by atoms with van der Waals surface area (Å²) in [4.78, 5) is 4.40. The number of unbranched alkanes of at least 4 members (excludes halogenated alkanes) is 1. The zero-order chi connectivity index (χ0) is 12.1. The van der Waals surface area contributed by atoms with Crippen molar-refractivity contribution in [1.82, 2.24) is 15.1 Å². The van der Waals surface area contributed by atoms with Crippen LogP contribution in [0, 0.1) is 0 Å². The smallest absolute Gasteiger partial charge is 0.00127 e. The highest BCUT2D eigenvalue weighted by atomic mass is 15.1. The minimum Gasteiger partial charge on any atom is -0.320 e. The predicted octanol–water partition coefficient (Wildman–Crippen LogP) is 1.51.